The van der Waals surface area contributed by atoms with Crippen molar-refractivity contribution in [3.63, 3.8) is 0 Å². The second-order valence-electron chi connectivity index (χ2n) is 4.49. The van der Waals surface area contributed by atoms with Gasteiger partial charge in [0.2, 0.25) is 0 Å². The molecule has 0 radical (unpaired) electrons. The first-order valence-corrected chi connectivity index (χ1v) is 5.80. The Hall–Kier alpha value is -1.74. The molecule has 18 heavy (non-hydrogen) atoms. The summed E-state index contributed by atoms with van der Waals surface area (Å²) < 4.78 is 27.1. The van der Waals surface area contributed by atoms with Crippen molar-refractivity contribution in [3.8, 4) is 11.1 Å². The van der Waals surface area contributed by atoms with E-state index in [0.29, 0.717) is 11.1 Å². The van der Waals surface area contributed by atoms with E-state index in [0.717, 1.165) is 11.1 Å². The maximum Gasteiger partial charge on any atom is 0.131 e. The standard InChI is InChI=1S/C15H15F2N/c1-9-3-5-12(16)8-13(9)14-7-11(10(2)18)4-6-15(14)17/h3-8,10H,18H2,1-2H3. The summed E-state index contributed by atoms with van der Waals surface area (Å²) in [4.78, 5) is 0. The lowest BCUT2D eigenvalue weighted by molar-refractivity contribution is 0.623. The molecule has 2 N–H and O–H groups in total. The fraction of sp³-hybridized carbons (Fsp3) is 0.200. The number of hydrogen-bond donors (Lipinski definition) is 1. The molecule has 1 nitrogen and oxygen atoms in total. The molecule has 0 aliphatic rings. The normalized spacial score (nSPS) is 12.5. The number of halogens is 2. The van der Waals surface area contributed by atoms with Gasteiger partial charge in [0.05, 0.1) is 0 Å². The van der Waals surface area contributed by atoms with E-state index < -0.39 is 0 Å². The van der Waals surface area contributed by atoms with Crippen LogP contribution in [0, 0.1) is 18.6 Å². The van der Waals surface area contributed by atoms with E-state index in [-0.39, 0.29) is 17.7 Å². The molecule has 0 amide bonds. The van der Waals surface area contributed by atoms with Gasteiger partial charge in [-0.25, -0.2) is 8.78 Å². The van der Waals surface area contributed by atoms with Crippen LogP contribution in [-0.2, 0) is 0 Å². The van der Waals surface area contributed by atoms with Crippen molar-refractivity contribution in [1.82, 2.24) is 0 Å². The number of hydrogen-bond acceptors (Lipinski definition) is 1. The summed E-state index contributed by atoms with van der Waals surface area (Å²) >= 11 is 0. The molecule has 0 heterocycles. The predicted molar refractivity (Wildman–Crippen MR) is 69.1 cm³/mol. The molecule has 1 unspecified atom stereocenters. The number of nitrogens with two attached hydrogens (primary N) is 1. The first kappa shape index (κ1) is 12.7. The Morgan fingerprint density at radius 1 is 1.00 bits per heavy atom. The molecule has 0 aromatic heterocycles. The fourth-order valence-electron chi connectivity index (χ4n) is 1.92. The third-order valence-corrected chi connectivity index (χ3v) is 3.01. The van der Waals surface area contributed by atoms with Crippen molar-refractivity contribution in [2.24, 2.45) is 5.73 Å². The average Bonchev–Trinajstić information content (AvgIpc) is 2.33. The summed E-state index contributed by atoms with van der Waals surface area (Å²) in [5.41, 5.74) is 8.40. The van der Waals surface area contributed by atoms with Crippen LogP contribution in [0.2, 0.25) is 0 Å². The average molecular weight is 247 g/mol. The molecule has 0 aliphatic heterocycles. The van der Waals surface area contributed by atoms with Crippen LogP contribution >= 0.6 is 0 Å². The minimum absolute atomic E-state index is 0.182. The molecule has 0 spiro atoms. The number of aryl methyl sites for hydroxylation is 1. The van der Waals surface area contributed by atoms with E-state index in [2.05, 4.69) is 0 Å². The van der Waals surface area contributed by atoms with Crippen LogP contribution in [0.4, 0.5) is 8.78 Å². The predicted octanol–water partition coefficient (Wildman–Crippen LogP) is 3.96. The maximum absolute atomic E-state index is 13.9. The fourth-order valence-corrected chi connectivity index (χ4v) is 1.92. The molecule has 0 aliphatic carbocycles. The smallest absolute Gasteiger partial charge is 0.131 e. The largest absolute Gasteiger partial charge is 0.324 e. The van der Waals surface area contributed by atoms with E-state index in [4.69, 9.17) is 5.73 Å². The lowest BCUT2D eigenvalue weighted by Gasteiger charge is -2.11. The summed E-state index contributed by atoms with van der Waals surface area (Å²) in [7, 11) is 0. The monoisotopic (exact) mass is 247 g/mol. The summed E-state index contributed by atoms with van der Waals surface area (Å²) in [6, 6.07) is 8.88. The second kappa shape index (κ2) is 4.86. The van der Waals surface area contributed by atoms with Gasteiger partial charge in [-0.3, -0.25) is 0 Å². The third-order valence-electron chi connectivity index (χ3n) is 3.01. The van der Waals surface area contributed by atoms with Crippen LogP contribution in [0.15, 0.2) is 36.4 Å². The lowest BCUT2D eigenvalue weighted by Crippen LogP contribution is -2.05. The highest BCUT2D eigenvalue weighted by atomic mass is 19.1. The van der Waals surface area contributed by atoms with Crippen LogP contribution in [0.25, 0.3) is 11.1 Å². The molecule has 0 saturated heterocycles. The van der Waals surface area contributed by atoms with E-state index in [1.54, 1.807) is 18.2 Å². The molecule has 94 valence electrons. The highest BCUT2D eigenvalue weighted by molar-refractivity contribution is 5.68. The van der Waals surface area contributed by atoms with E-state index >= 15 is 0 Å². The quantitative estimate of drug-likeness (QED) is 0.854. The molecule has 1 atom stereocenters. The van der Waals surface area contributed by atoms with Gasteiger partial charge in [-0.15, -0.1) is 0 Å². The van der Waals surface area contributed by atoms with Crippen molar-refractivity contribution in [2.75, 3.05) is 0 Å². The summed E-state index contributed by atoms with van der Waals surface area (Å²) in [6.45, 7) is 3.65. The molecular weight excluding hydrogens is 232 g/mol. The van der Waals surface area contributed by atoms with Gasteiger partial charge in [0.15, 0.2) is 0 Å². The van der Waals surface area contributed by atoms with E-state index in [1.807, 2.05) is 13.8 Å². The minimum atomic E-state index is -0.374. The molecule has 0 bridgehead atoms. The van der Waals surface area contributed by atoms with Crippen molar-refractivity contribution in [2.45, 2.75) is 19.9 Å². The zero-order chi connectivity index (χ0) is 13.3. The topological polar surface area (TPSA) is 26.0 Å². The van der Waals surface area contributed by atoms with Gasteiger partial charge in [0.25, 0.3) is 0 Å². The van der Waals surface area contributed by atoms with Crippen molar-refractivity contribution < 1.29 is 8.78 Å². The second-order valence-corrected chi connectivity index (χ2v) is 4.49. The van der Waals surface area contributed by atoms with Crippen LogP contribution in [0.5, 0.6) is 0 Å². The molecular formula is C15H15F2N. The third kappa shape index (κ3) is 2.41. The SMILES string of the molecule is Cc1ccc(F)cc1-c1cc(C(C)N)ccc1F. The van der Waals surface area contributed by atoms with Gasteiger partial charge in [-0.05, 0) is 54.8 Å². The number of benzene rings is 2. The zero-order valence-corrected chi connectivity index (χ0v) is 10.4. The summed E-state index contributed by atoms with van der Waals surface area (Å²) in [6.07, 6.45) is 0. The Morgan fingerprint density at radius 2 is 1.72 bits per heavy atom. The number of rotatable bonds is 2. The van der Waals surface area contributed by atoms with Crippen LogP contribution in [0.1, 0.15) is 24.1 Å². The van der Waals surface area contributed by atoms with Gasteiger partial charge in [0.1, 0.15) is 11.6 Å². The lowest BCUT2D eigenvalue weighted by atomic mass is 9.96. The van der Waals surface area contributed by atoms with Crippen molar-refractivity contribution in [1.29, 1.82) is 0 Å². The Kier molecular flexibility index (Phi) is 3.43. The Morgan fingerprint density at radius 3 is 2.39 bits per heavy atom. The first-order chi connectivity index (χ1) is 8.49. The van der Waals surface area contributed by atoms with Gasteiger partial charge >= 0.3 is 0 Å². The Balaban J connectivity index is 2.62. The molecule has 0 fully saturated rings. The van der Waals surface area contributed by atoms with Gasteiger partial charge in [-0.1, -0.05) is 12.1 Å². The van der Waals surface area contributed by atoms with Crippen LogP contribution < -0.4 is 5.73 Å². The molecule has 2 aromatic carbocycles. The maximum atomic E-state index is 13.9. The van der Waals surface area contributed by atoms with Gasteiger partial charge in [-0.2, -0.15) is 0 Å². The van der Waals surface area contributed by atoms with Gasteiger partial charge < -0.3 is 5.73 Å². The molecule has 3 heteroatoms. The van der Waals surface area contributed by atoms with Crippen LogP contribution in [0.3, 0.4) is 0 Å². The first-order valence-electron chi connectivity index (χ1n) is 5.80. The summed E-state index contributed by atoms with van der Waals surface area (Å²) in [5.74, 6) is -0.741. The van der Waals surface area contributed by atoms with Crippen molar-refractivity contribution >= 4 is 0 Å². The molecule has 2 aromatic rings. The van der Waals surface area contributed by atoms with E-state index in [9.17, 15) is 8.78 Å². The highest BCUT2D eigenvalue weighted by Gasteiger charge is 2.11. The molecule has 0 saturated carbocycles. The molecule has 2 rings (SSSR count). The van der Waals surface area contributed by atoms with E-state index in [1.165, 1.54) is 18.2 Å². The van der Waals surface area contributed by atoms with Crippen molar-refractivity contribution in [3.05, 3.63) is 59.2 Å². The zero-order valence-electron chi connectivity index (χ0n) is 10.4. The van der Waals surface area contributed by atoms with Gasteiger partial charge in [0, 0.05) is 11.6 Å². The Labute approximate surface area is 105 Å². The van der Waals surface area contributed by atoms with Crippen LogP contribution in [-0.4, -0.2) is 0 Å². The minimum Gasteiger partial charge on any atom is -0.324 e. The highest BCUT2D eigenvalue weighted by Crippen LogP contribution is 2.29. The summed E-state index contributed by atoms with van der Waals surface area (Å²) in [5, 5.41) is 0. The Bertz CT molecular complexity index is 577.